The largest absolute Gasteiger partial charge is 0.389 e. The van der Waals surface area contributed by atoms with E-state index in [2.05, 4.69) is 10.6 Å². The number of anilines is 1. The summed E-state index contributed by atoms with van der Waals surface area (Å²) >= 11 is 4.95. The summed E-state index contributed by atoms with van der Waals surface area (Å²) in [5.74, 6) is -0.551. The molecule has 2 amide bonds. The Kier molecular flexibility index (Phi) is 3.57. The first-order valence-electron chi connectivity index (χ1n) is 5.57. The standard InChI is InChI=1S/C12H13N3O2S/c13-11(18)7-3-1-2-4-8(7)14-9-5-6-10(16)15-12(9)17/h1-4,9,14H,5-6H2,(H2,13,18)(H,15,16,17). The van der Waals surface area contributed by atoms with Gasteiger partial charge in [0.25, 0.3) is 0 Å². The zero-order valence-corrected chi connectivity index (χ0v) is 10.4. The van der Waals surface area contributed by atoms with Gasteiger partial charge < -0.3 is 11.1 Å². The fourth-order valence-corrected chi connectivity index (χ4v) is 2.02. The molecule has 1 aliphatic rings. The van der Waals surface area contributed by atoms with Crippen LogP contribution in [0.5, 0.6) is 0 Å². The Hall–Kier alpha value is -1.95. The average Bonchev–Trinajstić information content (AvgIpc) is 2.33. The quantitative estimate of drug-likeness (QED) is 0.547. The van der Waals surface area contributed by atoms with Gasteiger partial charge in [-0.05, 0) is 18.6 Å². The summed E-state index contributed by atoms with van der Waals surface area (Å²) in [6.07, 6.45) is 0.801. The molecule has 6 heteroatoms. The van der Waals surface area contributed by atoms with Crippen molar-refractivity contribution < 1.29 is 9.59 Å². The van der Waals surface area contributed by atoms with Crippen LogP contribution >= 0.6 is 12.2 Å². The summed E-state index contributed by atoms with van der Waals surface area (Å²) < 4.78 is 0. The van der Waals surface area contributed by atoms with E-state index in [1.165, 1.54) is 0 Å². The van der Waals surface area contributed by atoms with Crippen LogP contribution in [-0.4, -0.2) is 22.8 Å². The number of rotatable bonds is 3. The zero-order valence-electron chi connectivity index (χ0n) is 9.60. The van der Waals surface area contributed by atoms with Crippen LogP contribution in [0.1, 0.15) is 18.4 Å². The highest BCUT2D eigenvalue weighted by molar-refractivity contribution is 7.80. The van der Waals surface area contributed by atoms with Gasteiger partial charge in [-0.25, -0.2) is 0 Å². The van der Waals surface area contributed by atoms with Gasteiger partial charge in [-0.15, -0.1) is 0 Å². The second-order valence-electron chi connectivity index (χ2n) is 4.06. The van der Waals surface area contributed by atoms with Crippen LogP contribution in [-0.2, 0) is 9.59 Å². The van der Waals surface area contributed by atoms with Crippen molar-refractivity contribution in [3.63, 3.8) is 0 Å². The van der Waals surface area contributed by atoms with Crippen molar-refractivity contribution in [1.82, 2.24) is 5.32 Å². The molecule has 0 spiro atoms. The van der Waals surface area contributed by atoms with E-state index in [9.17, 15) is 9.59 Å². The molecule has 1 aromatic rings. The number of amides is 2. The molecule has 1 unspecified atom stereocenters. The highest BCUT2D eigenvalue weighted by Gasteiger charge is 2.26. The number of benzene rings is 1. The smallest absolute Gasteiger partial charge is 0.249 e. The third-order valence-electron chi connectivity index (χ3n) is 2.76. The Labute approximate surface area is 110 Å². The van der Waals surface area contributed by atoms with Crippen LogP contribution in [0.25, 0.3) is 0 Å². The Morgan fingerprint density at radius 2 is 2.11 bits per heavy atom. The molecule has 5 nitrogen and oxygen atoms in total. The number of carbonyl (C=O) groups excluding carboxylic acids is 2. The van der Waals surface area contributed by atoms with E-state index in [1.807, 2.05) is 12.1 Å². The summed E-state index contributed by atoms with van der Waals surface area (Å²) in [4.78, 5) is 22.9. The predicted octanol–water partition coefficient (Wildman–Crippen LogP) is 0.538. The number of thiocarbonyl (C=S) groups is 1. The van der Waals surface area contributed by atoms with Gasteiger partial charge in [0, 0.05) is 17.7 Å². The minimum Gasteiger partial charge on any atom is -0.389 e. The molecule has 1 aromatic carbocycles. The van der Waals surface area contributed by atoms with Crippen molar-refractivity contribution in [3.05, 3.63) is 29.8 Å². The van der Waals surface area contributed by atoms with E-state index >= 15 is 0 Å². The van der Waals surface area contributed by atoms with E-state index in [4.69, 9.17) is 18.0 Å². The molecule has 4 N–H and O–H groups in total. The van der Waals surface area contributed by atoms with Crippen molar-refractivity contribution >= 4 is 34.7 Å². The molecule has 1 atom stereocenters. The maximum absolute atomic E-state index is 11.6. The predicted molar refractivity (Wildman–Crippen MR) is 72.1 cm³/mol. The Bertz CT molecular complexity index is 516. The van der Waals surface area contributed by atoms with Crippen LogP contribution in [0.2, 0.25) is 0 Å². The minimum atomic E-state index is -0.432. The first-order chi connectivity index (χ1) is 8.58. The number of carbonyl (C=O) groups is 2. The number of para-hydroxylation sites is 1. The van der Waals surface area contributed by atoms with Crippen molar-refractivity contribution in [3.8, 4) is 0 Å². The summed E-state index contributed by atoms with van der Waals surface area (Å²) in [5.41, 5.74) is 7.01. The Morgan fingerprint density at radius 3 is 2.78 bits per heavy atom. The van der Waals surface area contributed by atoms with Gasteiger partial charge in [0.05, 0.1) is 0 Å². The summed E-state index contributed by atoms with van der Waals surface area (Å²) in [7, 11) is 0. The lowest BCUT2D eigenvalue weighted by atomic mass is 10.0. The number of imide groups is 1. The van der Waals surface area contributed by atoms with Gasteiger partial charge in [0.2, 0.25) is 11.8 Å². The van der Waals surface area contributed by atoms with Gasteiger partial charge in [0.1, 0.15) is 11.0 Å². The van der Waals surface area contributed by atoms with Crippen LogP contribution in [0.3, 0.4) is 0 Å². The molecular formula is C12H13N3O2S. The number of hydrogen-bond donors (Lipinski definition) is 3. The number of nitrogens with one attached hydrogen (secondary N) is 2. The number of piperidine rings is 1. The molecule has 0 aromatic heterocycles. The van der Waals surface area contributed by atoms with E-state index in [0.29, 0.717) is 24.1 Å². The number of nitrogens with two attached hydrogens (primary N) is 1. The SMILES string of the molecule is NC(=S)c1ccccc1NC1CCC(=O)NC1=O. The molecule has 0 saturated carbocycles. The molecule has 1 saturated heterocycles. The number of hydrogen-bond acceptors (Lipinski definition) is 4. The van der Waals surface area contributed by atoms with Crippen molar-refractivity contribution in [1.29, 1.82) is 0 Å². The summed E-state index contributed by atoms with van der Waals surface area (Å²) in [5, 5.41) is 5.36. The second kappa shape index (κ2) is 5.14. The normalized spacial score (nSPS) is 19.2. The Balaban J connectivity index is 2.17. The molecule has 94 valence electrons. The monoisotopic (exact) mass is 263 g/mol. The molecule has 1 fully saturated rings. The molecule has 18 heavy (non-hydrogen) atoms. The maximum atomic E-state index is 11.6. The fraction of sp³-hybridized carbons (Fsp3) is 0.250. The van der Waals surface area contributed by atoms with E-state index in [0.717, 1.165) is 0 Å². The lowest BCUT2D eigenvalue weighted by Gasteiger charge is -2.23. The Morgan fingerprint density at radius 1 is 1.39 bits per heavy atom. The van der Waals surface area contributed by atoms with Gasteiger partial charge >= 0.3 is 0 Å². The topological polar surface area (TPSA) is 84.2 Å². The second-order valence-corrected chi connectivity index (χ2v) is 4.50. The fourth-order valence-electron chi connectivity index (χ4n) is 1.84. The first kappa shape index (κ1) is 12.5. The average molecular weight is 263 g/mol. The third-order valence-corrected chi connectivity index (χ3v) is 2.98. The zero-order chi connectivity index (χ0) is 13.1. The van der Waals surface area contributed by atoms with E-state index < -0.39 is 6.04 Å². The summed E-state index contributed by atoms with van der Waals surface area (Å²) in [6.45, 7) is 0. The molecule has 1 heterocycles. The van der Waals surface area contributed by atoms with E-state index in [-0.39, 0.29) is 16.8 Å². The van der Waals surface area contributed by atoms with Crippen LogP contribution in [0.15, 0.2) is 24.3 Å². The van der Waals surface area contributed by atoms with Crippen LogP contribution in [0.4, 0.5) is 5.69 Å². The lowest BCUT2D eigenvalue weighted by Crippen LogP contribution is -2.47. The van der Waals surface area contributed by atoms with Gasteiger partial charge in [-0.1, -0.05) is 24.4 Å². The molecule has 0 radical (unpaired) electrons. The van der Waals surface area contributed by atoms with Gasteiger partial charge in [-0.3, -0.25) is 14.9 Å². The van der Waals surface area contributed by atoms with Gasteiger partial charge in [-0.2, -0.15) is 0 Å². The van der Waals surface area contributed by atoms with Crippen LogP contribution < -0.4 is 16.4 Å². The van der Waals surface area contributed by atoms with Crippen molar-refractivity contribution in [2.45, 2.75) is 18.9 Å². The highest BCUT2D eigenvalue weighted by atomic mass is 32.1. The van der Waals surface area contributed by atoms with Crippen molar-refractivity contribution in [2.24, 2.45) is 5.73 Å². The minimum absolute atomic E-state index is 0.235. The molecular weight excluding hydrogens is 250 g/mol. The molecule has 0 bridgehead atoms. The maximum Gasteiger partial charge on any atom is 0.249 e. The van der Waals surface area contributed by atoms with Crippen LogP contribution in [0, 0.1) is 0 Å². The molecule has 0 aliphatic carbocycles. The first-order valence-corrected chi connectivity index (χ1v) is 5.98. The van der Waals surface area contributed by atoms with Gasteiger partial charge in [0.15, 0.2) is 0 Å². The highest BCUT2D eigenvalue weighted by Crippen LogP contribution is 2.18. The van der Waals surface area contributed by atoms with Crippen molar-refractivity contribution in [2.75, 3.05) is 5.32 Å². The molecule has 1 aliphatic heterocycles. The molecule has 2 rings (SSSR count). The lowest BCUT2D eigenvalue weighted by molar-refractivity contribution is -0.133. The van der Waals surface area contributed by atoms with E-state index in [1.54, 1.807) is 12.1 Å². The summed E-state index contributed by atoms with van der Waals surface area (Å²) in [6, 6.07) is 6.81. The third kappa shape index (κ3) is 2.65.